The van der Waals surface area contributed by atoms with Gasteiger partial charge in [-0.3, -0.25) is 0 Å². The maximum absolute atomic E-state index is 11.4. The molecule has 3 rings (SSSR count). The Bertz CT molecular complexity index is 487. The Kier molecular flexibility index (Phi) is 4.32. The predicted octanol–water partition coefficient (Wildman–Crippen LogP) is 3.76. The Balaban J connectivity index is 1.97. The van der Waals surface area contributed by atoms with E-state index in [1.165, 1.54) is 4.90 Å². The molecular formula is C16H22ClNOS. The van der Waals surface area contributed by atoms with E-state index in [1.807, 2.05) is 23.9 Å². The van der Waals surface area contributed by atoms with E-state index in [2.05, 4.69) is 18.0 Å². The number of hydrogen-bond donors (Lipinski definition) is 1. The highest BCUT2D eigenvalue weighted by molar-refractivity contribution is 7.99. The fourth-order valence-corrected chi connectivity index (χ4v) is 4.77. The Morgan fingerprint density at radius 2 is 2.10 bits per heavy atom. The van der Waals surface area contributed by atoms with Crippen molar-refractivity contribution < 1.29 is 5.11 Å². The van der Waals surface area contributed by atoms with E-state index >= 15 is 0 Å². The van der Waals surface area contributed by atoms with Gasteiger partial charge < -0.3 is 10.0 Å². The second kappa shape index (κ2) is 5.88. The van der Waals surface area contributed by atoms with Crippen LogP contribution < -0.4 is 0 Å². The van der Waals surface area contributed by atoms with E-state index in [9.17, 15) is 5.11 Å². The Morgan fingerprint density at radius 1 is 1.35 bits per heavy atom. The average Bonchev–Trinajstić information content (AvgIpc) is 2.60. The highest BCUT2D eigenvalue weighted by Crippen LogP contribution is 2.46. The van der Waals surface area contributed by atoms with Gasteiger partial charge in [0.15, 0.2) is 0 Å². The minimum Gasteiger partial charge on any atom is -0.385 e. The van der Waals surface area contributed by atoms with Crippen LogP contribution in [-0.4, -0.2) is 35.9 Å². The molecule has 0 spiro atoms. The van der Waals surface area contributed by atoms with Crippen LogP contribution in [0.2, 0.25) is 5.02 Å². The molecule has 4 heteroatoms. The molecule has 1 aromatic carbocycles. The second-order valence-electron chi connectivity index (χ2n) is 6.09. The van der Waals surface area contributed by atoms with Gasteiger partial charge in [0.2, 0.25) is 0 Å². The maximum Gasteiger partial charge on any atom is 0.0937 e. The minimum absolute atomic E-state index is 0.356. The zero-order chi connectivity index (χ0) is 14.2. The Morgan fingerprint density at radius 3 is 2.85 bits per heavy atom. The van der Waals surface area contributed by atoms with Gasteiger partial charge >= 0.3 is 0 Å². The van der Waals surface area contributed by atoms with Crippen molar-refractivity contribution in [2.24, 2.45) is 5.92 Å². The molecule has 0 saturated carbocycles. The van der Waals surface area contributed by atoms with Crippen LogP contribution >= 0.6 is 23.4 Å². The summed E-state index contributed by atoms with van der Waals surface area (Å²) in [6.45, 7) is 2.16. The molecule has 1 aromatic rings. The monoisotopic (exact) mass is 311 g/mol. The summed E-state index contributed by atoms with van der Waals surface area (Å²) < 4.78 is 0. The Hall–Kier alpha value is -0.220. The van der Waals surface area contributed by atoms with Gasteiger partial charge in [-0.25, -0.2) is 0 Å². The first-order valence-electron chi connectivity index (χ1n) is 7.43. The molecular weight excluding hydrogens is 290 g/mol. The number of halogens is 1. The largest absolute Gasteiger partial charge is 0.385 e. The lowest BCUT2D eigenvalue weighted by molar-refractivity contribution is -0.0549. The second-order valence-corrected chi connectivity index (χ2v) is 7.67. The summed E-state index contributed by atoms with van der Waals surface area (Å²) in [5.41, 5.74) is 0.382. The standard InChI is InChI=1S/C16H22ClNOS/c1-18-8-5-12(6-9-18)16(19)7-2-10-20-15-4-3-13(17)11-14(15)16/h3-4,11-12,19H,2,5-10H2,1H3. The van der Waals surface area contributed by atoms with E-state index in [0.717, 1.165) is 55.1 Å². The quantitative estimate of drug-likeness (QED) is 0.854. The van der Waals surface area contributed by atoms with Crippen LogP contribution in [0.15, 0.2) is 23.1 Å². The molecule has 1 saturated heterocycles. The topological polar surface area (TPSA) is 23.5 Å². The summed E-state index contributed by atoms with van der Waals surface area (Å²) >= 11 is 8.05. The van der Waals surface area contributed by atoms with E-state index in [4.69, 9.17) is 11.6 Å². The van der Waals surface area contributed by atoms with Crippen LogP contribution in [0.5, 0.6) is 0 Å². The number of benzene rings is 1. The molecule has 1 atom stereocenters. The van der Waals surface area contributed by atoms with Crippen molar-refractivity contribution in [3.63, 3.8) is 0 Å². The number of aliphatic hydroxyl groups is 1. The van der Waals surface area contributed by atoms with Crippen molar-refractivity contribution in [2.75, 3.05) is 25.9 Å². The molecule has 1 unspecified atom stereocenters. The van der Waals surface area contributed by atoms with Crippen LogP contribution in [-0.2, 0) is 5.60 Å². The molecule has 0 aromatic heterocycles. The van der Waals surface area contributed by atoms with Crippen molar-refractivity contribution in [2.45, 2.75) is 36.2 Å². The summed E-state index contributed by atoms with van der Waals surface area (Å²) in [5.74, 6) is 1.44. The molecule has 20 heavy (non-hydrogen) atoms. The SMILES string of the molecule is CN1CCC(C2(O)CCCSc3ccc(Cl)cc32)CC1. The third-order valence-corrected chi connectivity index (χ3v) is 6.16. The van der Waals surface area contributed by atoms with Crippen LogP contribution in [0.4, 0.5) is 0 Å². The summed E-state index contributed by atoms with van der Waals surface area (Å²) in [7, 11) is 2.16. The number of rotatable bonds is 1. The molecule has 2 aliphatic heterocycles. The number of hydrogen-bond acceptors (Lipinski definition) is 3. The van der Waals surface area contributed by atoms with Gasteiger partial charge in [0.1, 0.15) is 0 Å². The van der Waals surface area contributed by atoms with Crippen molar-refractivity contribution in [1.82, 2.24) is 4.90 Å². The zero-order valence-corrected chi connectivity index (χ0v) is 13.5. The van der Waals surface area contributed by atoms with Crippen molar-refractivity contribution in [1.29, 1.82) is 0 Å². The van der Waals surface area contributed by atoms with E-state index in [-0.39, 0.29) is 0 Å². The van der Waals surface area contributed by atoms with Gasteiger partial charge in [0.05, 0.1) is 5.60 Å². The fraction of sp³-hybridized carbons (Fsp3) is 0.625. The number of fused-ring (bicyclic) bond motifs is 1. The smallest absolute Gasteiger partial charge is 0.0937 e. The first-order valence-corrected chi connectivity index (χ1v) is 8.80. The predicted molar refractivity (Wildman–Crippen MR) is 85.5 cm³/mol. The molecule has 2 aliphatic rings. The molecule has 2 heterocycles. The van der Waals surface area contributed by atoms with Crippen LogP contribution in [0.3, 0.4) is 0 Å². The number of likely N-dealkylation sites (tertiary alicyclic amines) is 1. The zero-order valence-electron chi connectivity index (χ0n) is 11.9. The summed E-state index contributed by atoms with van der Waals surface area (Å²) in [6.07, 6.45) is 4.08. The molecule has 1 fully saturated rings. The summed E-state index contributed by atoms with van der Waals surface area (Å²) in [5, 5.41) is 12.2. The lowest BCUT2D eigenvalue weighted by Crippen LogP contribution is -2.42. The van der Waals surface area contributed by atoms with Gasteiger partial charge in [0, 0.05) is 9.92 Å². The van der Waals surface area contributed by atoms with Crippen molar-refractivity contribution in [3.8, 4) is 0 Å². The molecule has 0 aliphatic carbocycles. The van der Waals surface area contributed by atoms with Crippen LogP contribution in [0.25, 0.3) is 0 Å². The maximum atomic E-state index is 11.4. The van der Waals surface area contributed by atoms with Crippen molar-refractivity contribution in [3.05, 3.63) is 28.8 Å². The lowest BCUT2D eigenvalue weighted by atomic mass is 9.73. The minimum atomic E-state index is -0.689. The summed E-state index contributed by atoms with van der Waals surface area (Å²) in [6, 6.07) is 6.01. The van der Waals surface area contributed by atoms with Gasteiger partial charge in [-0.05, 0) is 81.3 Å². The molecule has 2 nitrogen and oxygen atoms in total. The molecule has 0 bridgehead atoms. The lowest BCUT2D eigenvalue weighted by Gasteiger charge is -2.41. The van der Waals surface area contributed by atoms with Gasteiger partial charge in [-0.2, -0.15) is 0 Å². The van der Waals surface area contributed by atoms with E-state index in [1.54, 1.807) is 0 Å². The number of thioether (sulfide) groups is 1. The molecule has 1 N–H and O–H groups in total. The molecule has 0 radical (unpaired) electrons. The third-order valence-electron chi connectivity index (χ3n) is 4.76. The first kappa shape index (κ1) is 14.7. The van der Waals surface area contributed by atoms with E-state index in [0.29, 0.717) is 5.92 Å². The fourth-order valence-electron chi connectivity index (χ4n) is 3.54. The third kappa shape index (κ3) is 2.74. The molecule has 110 valence electrons. The summed E-state index contributed by atoms with van der Waals surface area (Å²) in [4.78, 5) is 3.57. The first-order chi connectivity index (χ1) is 9.59. The van der Waals surface area contributed by atoms with Crippen LogP contribution in [0, 0.1) is 5.92 Å². The highest BCUT2D eigenvalue weighted by Gasteiger charge is 2.41. The number of nitrogens with zero attached hydrogens (tertiary/aromatic N) is 1. The number of piperidine rings is 1. The van der Waals surface area contributed by atoms with Gasteiger partial charge in [-0.1, -0.05) is 11.6 Å². The van der Waals surface area contributed by atoms with Crippen molar-refractivity contribution >= 4 is 23.4 Å². The average molecular weight is 312 g/mol. The highest BCUT2D eigenvalue weighted by atomic mass is 35.5. The molecule has 0 amide bonds. The van der Waals surface area contributed by atoms with Crippen LogP contribution in [0.1, 0.15) is 31.2 Å². The van der Waals surface area contributed by atoms with E-state index < -0.39 is 5.60 Å². The Labute approximate surface area is 130 Å². The van der Waals surface area contributed by atoms with Gasteiger partial charge in [0.25, 0.3) is 0 Å². The normalized spacial score (nSPS) is 28.9. The van der Waals surface area contributed by atoms with Gasteiger partial charge in [-0.15, -0.1) is 11.8 Å².